The Kier molecular flexibility index (Phi) is 5.37. The van der Waals surface area contributed by atoms with Gasteiger partial charge in [-0.3, -0.25) is 0 Å². The third-order valence-corrected chi connectivity index (χ3v) is 4.71. The van der Waals surface area contributed by atoms with Gasteiger partial charge in [0.2, 0.25) is 0 Å². The van der Waals surface area contributed by atoms with Crippen LogP contribution in [0.5, 0.6) is 0 Å². The number of rotatable bonds is 6. The molecule has 0 aliphatic heterocycles. The van der Waals surface area contributed by atoms with Crippen molar-refractivity contribution in [2.45, 2.75) is 31.8 Å². The molecule has 1 aliphatic rings. The molecule has 2 N–H and O–H groups in total. The molecule has 0 unspecified atom stereocenters. The number of hydrogen-bond donors (Lipinski definition) is 2. The zero-order chi connectivity index (χ0) is 15.3. The van der Waals surface area contributed by atoms with E-state index in [4.69, 9.17) is 5.11 Å². The third-order valence-electron chi connectivity index (χ3n) is 3.13. The zero-order valence-electron chi connectivity index (χ0n) is 12.0. The minimum Gasteiger partial charge on any atom is -0.395 e. The smallest absolute Gasteiger partial charge is 0.279 e. The first-order valence-corrected chi connectivity index (χ1v) is 8.37. The van der Waals surface area contributed by atoms with Gasteiger partial charge >= 0.3 is 0 Å². The Hall–Kier alpha value is -1.39. The van der Waals surface area contributed by atoms with Crippen LogP contribution in [0.1, 0.15) is 30.4 Å². The third kappa shape index (κ3) is 5.14. The van der Waals surface area contributed by atoms with E-state index < -0.39 is 10.2 Å². The van der Waals surface area contributed by atoms with E-state index in [0.717, 1.165) is 24.0 Å². The summed E-state index contributed by atoms with van der Waals surface area (Å²) in [6.45, 7) is 0.383. The molecule has 0 amide bonds. The fourth-order valence-corrected chi connectivity index (χ4v) is 2.91. The molecule has 0 radical (unpaired) electrons. The Bertz CT molecular complexity index is 625. The van der Waals surface area contributed by atoms with E-state index in [1.54, 1.807) is 7.05 Å². The molecule has 0 saturated heterocycles. The van der Waals surface area contributed by atoms with E-state index in [-0.39, 0.29) is 12.6 Å². The highest BCUT2D eigenvalue weighted by atomic mass is 32.2. The zero-order valence-corrected chi connectivity index (χ0v) is 12.9. The van der Waals surface area contributed by atoms with E-state index in [1.165, 1.54) is 4.31 Å². The lowest BCUT2D eigenvalue weighted by molar-refractivity contribution is 0.305. The van der Waals surface area contributed by atoms with Gasteiger partial charge in [0, 0.05) is 31.6 Å². The van der Waals surface area contributed by atoms with Crippen molar-refractivity contribution in [1.82, 2.24) is 9.03 Å². The van der Waals surface area contributed by atoms with Crippen molar-refractivity contribution in [3.8, 4) is 11.8 Å². The summed E-state index contributed by atoms with van der Waals surface area (Å²) in [5.41, 5.74) is 1.76. The highest BCUT2D eigenvalue weighted by Gasteiger charge is 2.29. The van der Waals surface area contributed by atoms with Gasteiger partial charge < -0.3 is 5.11 Å². The summed E-state index contributed by atoms with van der Waals surface area (Å²) < 4.78 is 28.0. The van der Waals surface area contributed by atoms with Crippen LogP contribution in [0.15, 0.2) is 24.3 Å². The number of nitrogens with one attached hydrogen (secondary N) is 1. The summed E-state index contributed by atoms with van der Waals surface area (Å²) >= 11 is 0. The summed E-state index contributed by atoms with van der Waals surface area (Å²) in [7, 11) is -1.83. The minimum absolute atomic E-state index is 0.0573. The van der Waals surface area contributed by atoms with Gasteiger partial charge in [-0.05, 0) is 30.5 Å². The van der Waals surface area contributed by atoms with Crippen molar-refractivity contribution < 1.29 is 13.5 Å². The quantitative estimate of drug-likeness (QED) is 0.766. The van der Waals surface area contributed by atoms with Crippen molar-refractivity contribution >= 4 is 10.2 Å². The summed E-state index contributed by atoms with van der Waals surface area (Å²) in [4.78, 5) is 0. The Morgan fingerprint density at radius 1 is 1.33 bits per heavy atom. The summed E-state index contributed by atoms with van der Waals surface area (Å²) in [6.07, 6.45) is 2.30. The van der Waals surface area contributed by atoms with E-state index in [2.05, 4.69) is 16.6 Å². The van der Waals surface area contributed by atoms with Gasteiger partial charge in [0.15, 0.2) is 0 Å². The minimum atomic E-state index is -3.40. The molecule has 21 heavy (non-hydrogen) atoms. The van der Waals surface area contributed by atoms with Crippen molar-refractivity contribution in [2.24, 2.45) is 0 Å². The summed E-state index contributed by atoms with van der Waals surface area (Å²) in [5, 5.41) is 8.66. The predicted molar refractivity (Wildman–Crippen MR) is 81.6 cm³/mol. The van der Waals surface area contributed by atoms with Crippen LogP contribution in [0.3, 0.4) is 0 Å². The molecule has 1 saturated carbocycles. The molecule has 5 nitrogen and oxygen atoms in total. The van der Waals surface area contributed by atoms with Gasteiger partial charge in [0.1, 0.15) is 0 Å². The average molecular weight is 308 g/mol. The molecule has 1 aromatic carbocycles. The van der Waals surface area contributed by atoms with E-state index in [0.29, 0.717) is 13.0 Å². The summed E-state index contributed by atoms with van der Waals surface area (Å²) in [5.74, 6) is 5.78. The van der Waals surface area contributed by atoms with Gasteiger partial charge in [-0.2, -0.15) is 17.4 Å². The van der Waals surface area contributed by atoms with Crippen LogP contribution < -0.4 is 4.72 Å². The number of hydrogen-bond acceptors (Lipinski definition) is 3. The van der Waals surface area contributed by atoms with Crippen LogP contribution in [0.2, 0.25) is 0 Å². The van der Waals surface area contributed by atoms with Crippen LogP contribution in [-0.4, -0.2) is 37.5 Å². The topological polar surface area (TPSA) is 69.6 Å². The lowest BCUT2D eigenvalue weighted by Crippen LogP contribution is -2.38. The second-order valence-electron chi connectivity index (χ2n) is 5.13. The molecule has 114 valence electrons. The highest BCUT2D eigenvalue weighted by molar-refractivity contribution is 7.87. The van der Waals surface area contributed by atoms with Crippen molar-refractivity contribution in [1.29, 1.82) is 0 Å². The van der Waals surface area contributed by atoms with Crippen LogP contribution in [0, 0.1) is 11.8 Å². The van der Waals surface area contributed by atoms with Gasteiger partial charge in [-0.25, -0.2) is 0 Å². The van der Waals surface area contributed by atoms with Crippen LogP contribution in [0.4, 0.5) is 0 Å². The molecule has 0 spiro atoms. The lowest BCUT2D eigenvalue weighted by Gasteiger charge is -2.17. The van der Waals surface area contributed by atoms with Crippen LogP contribution >= 0.6 is 0 Å². The molecular weight excluding hydrogens is 288 g/mol. The average Bonchev–Trinajstić information content (AvgIpc) is 3.24. The van der Waals surface area contributed by atoms with Gasteiger partial charge in [-0.1, -0.05) is 24.0 Å². The SMILES string of the molecule is CN(Cc1ccc(C#CCCO)cc1)S(=O)(=O)NC1CC1. The molecule has 0 bridgehead atoms. The number of nitrogens with zero attached hydrogens (tertiary/aromatic N) is 1. The number of aliphatic hydroxyl groups excluding tert-OH is 1. The van der Waals surface area contributed by atoms with E-state index in [9.17, 15) is 8.42 Å². The highest BCUT2D eigenvalue weighted by Crippen LogP contribution is 2.20. The first kappa shape index (κ1) is 16.0. The molecule has 1 fully saturated rings. The molecule has 0 heterocycles. The Morgan fingerprint density at radius 3 is 2.57 bits per heavy atom. The van der Waals surface area contributed by atoms with E-state index in [1.807, 2.05) is 24.3 Å². The summed E-state index contributed by atoms with van der Waals surface area (Å²) in [6, 6.07) is 7.56. The maximum Gasteiger partial charge on any atom is 0.279 e. The molecular formula is C15H20N2O3S. The normalized spacial score (nSPS) is 14.8. The standard InChI is InChI=1S/C15H20N2O3S/c1-17(21(19,20)16-15-9-10-15)12-14-7-5-13(6-8-14)4-2-3-11-18/h5-8,15-16,18H,3,9-12H2,1H3. The van der Waals surface area contributed by atoms with Crippen molar-refractivity contribution in [2.75, 3.05) is 13.7 Å². The maximum atomic E-state index is 12.0. The number of benzene rings is 1. The molecule has 2 rings (SSSR count). The predicted octanol–water partition coefficient (Wildman–Crippen LogP) is 0.849. The second kappa shape index (κ2) is 7.05. The number of aliphatic hydroxyl groups is 1. The van der Waals surface area contributed by atoms with Crippen molar-refractivity contribution in [3.05, 3.63) is 35.4 Å². The fraction of sp³-hybridized carbons (Fsp3) is 0.467. The molecule has 0 aromatic heterocycles. The first-order chi connectivity index (χ1) is 10.0. The first-order valence-electron chi connectivity index (χ1n) is 6.93. The fourth-order valence-electron chi connectivity index (χ4n) is 1.76. The molecule has 1 aromatic rings. The largest absolute Gasteiger partial charge is 0.395 e. The second-order valence-corrected chi connectivity index (χ2v) is 6.93. The van der Waals surface area contributed by atoms with E-state index >= 15 is 0 Å². The lowest BCUT2D eigenvalue weighted by atomic mass is 10.1. The van der Waals surface area contributed by atoms with Gasteiger partial charge in [0.05, 0.1) is 6.61 Å². The van der Waals surface area contributed by atoms with Crippen LogP contribution in [-0.2, 0) is 16.8 Å². The molecule has 1 aliphatic carbocycles. The molecule has 6 heteroatoms. The van der Waals surface area contributed by atoms with Gasteiger partial charge in [0.25, 0.3) is 10.2 Å². The Morgan fingerprint density at radius 2 is 2.00 bits per heavy atom. The Balaban J connectivity index is 1.95. The van der Waals surface area contributed by atoms with Gasteiger partial charge in [-0.15, -0.1) is 0 Å². The molecule has 0 atom stereocenters. The van der Waals surface area contributed by atoms with Crippen LogP contribution in [0.25, 0.3) is 0 Å². The monoisotopic (exact) mass is 308 g/mol. The Labute approximate surface area is 126 Å². The maximum absolute atomic E-state index is 12.0. The van der Waals surface area contributed by atoms with Crippen molar-refractivity contribution in [3.63, 3.8) is 0 Å².